The lowest BCUT2D eigenvalue weighted by atomic mass is 9.97. The van der Waals surface area contributed by atoms with Crippen LogP contribution in [0.25, 0.3) is 0 Å². The molecule has 7 N–H and O–H groups in total. The molecule has 200 valence electrons. The van der Waals surface area contributed by atoms with E-state index in [1.54, 1.807) is 12.1 Å². The first-order valence-electron chi connectivity index (χ1n) is 11.0. The highest BCUT2D eigenvalue weighted by Crippen LogP contribution is 2.28. The minimum Gasteiger partial charge on any atom is -0.394 e. The molecule has 0 amide bonds. The van der Waals surface area contributed by atoms with Crippen LogP contribution in [0.1, 0.15) is 5.56 Å². The highest BCUT2D eigenvalue weighted by Gasteiger charge is 2.50. The average molecular weight is 525 g/mol. The Morgan fingerprint density at radius 2 is 1.51 bits per heavy atom. The van der Waals surface area contributed by atoms with Gasteiger partial charge in [0.2, 0.25) is 0 Å². The zero-order chi connectivity index (χ0) is 25.9. The minimum absolute atomic E-state index is 0.131. The average Bonchev–Trinajstić information content (AvgIpc) is 2.83. The molecule has 13 nitrogen and oxygen atoms in total. The summed E-state index contributed by atoms with van der Waals surface area (Å²) >= 11 is 0. The number of aliphatic hydroxyl groups is 7. The number of ether oxygens (including phenoxy) is 4. The normalized spacial score (nSPS) is 38.4. The maximum Gasteiger partial charge on any atom is 0.187 e. The number of aryl methyl sites for hydroxylation is 1. The zero-order valence-electron chi connectivity index (χ0n) is 18.9. The Labute approximate surface area is 202 Å². The second-order valence-corrected chi connectivity index (χ2v) is 10.7. The third kappa shape index (κ3) is 6.54. The molecule has 0 spiro atoms. The van der Waals surface area contributed by atoms with Gasteiger partial charge in [-0.05, 0) is 19.1 Å². The zero-order valence-corrected chi connectivity index (χ0v) is 19.7. The first-order chi connectivity index (χ1) is 16.5. The largest absolute Gasteiger partial charge is 0.394 e. The van der Waals surface area contributed by atoms with Gasteiger partial charge in [-0.3, -0.25) is 0 Å². The van der Waals surface area contributed by atoms with Crippen LogP contribution in [0.5, 0.6) is 0 Å². The minimum atomic E-state index is -3.62. The third-order valence-electron chi connectivity index (χ3n) is 5.96. The van der Waals surface area contributed by atoms with E-state index in [0.717, 1.165) is 5.56 Å². The van der Waals surface area contributed by atoms with Gasteiger partial charge in [0.1, 0.15) is 48.8 Å². The first kappa shape index (κ1) is 28.3. The van der Waals surface area contributed by atoms with Gasteiger partial charge in [0.25, 0.3) is 0 Å². The lowest BCUT2D eigenvalue weighted by molar-refractivity contribution is -0.355. The number of aliphatic hydroxyl groups excluding tert-OH is 7. The molecule has 1 aromatic rings. The predicted octanol–water partition coefficient (Wildman–Crippen LogP) is -3.59. The molecule has 2 heterocycles. The number of hydrogen-bond donors (Lipinski definition) is 7. The Morgan fingerprint density at radius 3 is 2.14 bits per heavy atom. The number of hydrogen-bond acceptors (Lipinski definition) is 13. The van der Waals surface area contributed by atoms with Crippen molar-refractivity contribution in [2.45, 2.75) is 73.2 Å². The van der Waals surface area contributed by atoms with Crippen molar-refractivity contribution in [3.63, 3.8) is 0 Å². The van der Waals surface area contributed by atoms with E-state index >= 15 is 0 Å². The Hall–Kier alpha value is -1.27. The summed E-state index contributed by atoms with van der Waals surface area (Å²) in [6.45, 7) is 0.484. The van der Waals surface area contributed by atoms with Gasteiger partial charge in [-0.1, -0.05) is 17.7 Å². The molecule has 1 aromatic carbocycles. The van der Waals surface area contributed by atoms with E-state index in [0.29, 0.717) is 0 Å². The molecule has 0 bridgehead atoms. The second kappa shape index (κ2) is 11.9. The highest BCUT2D eigenvalue weighted by molar-refractivity contribution is 7.91. The smallest absolute Gasteiger partial charge is 0.187 e. The summed E-state index contributed by atoms with van der Waals surface area (Å²) in [6, 6.07) is 6.30. The van der Waals surface area contributed by atoms with Gasteiger partial charge in [-0.2, -0.15) is 0 Å². The molecule has 2 aliphatic rings. The van der Waals surface area contributed by atoms with Crippen LogP contribution in [0.15, 0.2) is 29.2 Å². The van der Waals surface area contributed by atoms with E-state index in [1.165, 1.54) is 12.1 Å². The molecule has 2 fully saturated rings. The van der Waals surface area contributed by atoms with Crippen LogP contribution in [0, 0.1) is 6.92 Å². The van der Waals surface area contributed by atoms with Crippen molar-refractivity contribution in [3.8, 4) is 0 Å². The van der Waals surface area contributed by atoms with Crippen LogP contribution in [-0.4, -0.2) is 131 Å². The van der Waals surface area contributed by atoms with Crippen molar-refractivity contribution >= 4 is 9.84 Å². The molecule has 2 aliphatic heterocycles. The molecule has 0 unspecified atom stereocenters. The van der Waals surface area contributed by atoms with E-state index in [2.05, 4.69) is 0 Å². The molecule has 35 heavy (non-hydrogen) atoms. The quantitative estimate of drug-likeness (QED) is 0.156. The summed E-state index contributed by atoms with van der Waals surface area (Å²) < 4.78 is 46.1. The number of sulfone groups is 1. The van der Waals surface area contributed by atoms with E-state index < -0.39 is 77.9 Å². The maximum absolute atomic E-state index is 12.4. The summed E-state index contributed by atoms with van der Waals surface area (Å²) in [5.74, 6) is -0.353. The molecule has 0 saturated carbocycles. The van der Waals surface area contributed by atoms with Crippen LogP contribution in [-0.2, 0) is 28.8 Å². The van der Waals surface area contributed by atoms with Crippen LogP contribution < -0.4 is 0 Å². The standard InChI is InChI=1S/C21H32O13S/c1-10-2-4-11(5-3-10)35(29,30)7-6-31-9-13-14(23)15(24)18(27)21(33-13)34-19-12(8-22)32-20(28)17(26)16(19)25/h2-5,12-28H,6-9H2,1H3/t12-,13-,14+,15+,16-,17-,18-,19-,20+,21+/m1/s1. The summed E-state index contributed by atoms with van der Waals surface area (Å²) in [5, 5.41) is 69.8. The van der Waals surface area contributed by atoms with Crippen LogP contribution >= 0.6 is 0 Å². The predicted molar refractivity (Wildman–Crippen MR) is 116 cm³/mol. The van der Waals surface area contributed by atoms with Crippen LogP contribution in [0.4, 0.5) is 0 Å². The van der Waals surface area contributed by atoms with Gasteiger partial charge in [0.05, 0.1) is 30.5 Å². The molecular weight excluding hydrogens is 492 g/mol. The van der Waals surface area contributed by atoms with Crippen molar-refractivity contribution in [2.75, 3.05) is 25.6 Å². The summed E-state index contributed by atoms with van der Waals surface area (Å²) in [4.78, 5) is 0.131. The molecular formula is C21H32O13S. The lowest BCUT2D eigenvalue weighted by Gasteiger charge is -2.45. The van der Waals surface area contributed by atoms with Crippen molar-refractivity contribution < 1.29 is 63.1 Å². The fourth-order valence-corrected chi connectivity index (χ4v) is 4.91. The van der Waals surface area contributed by atoms with Crippen LogP contribution in [0.3, 0.4) is 0 Å². The molecule has 0 aliphatic carbocycles. The van der Waals surface area contributed by atoms with Crippen molar-refractivity contribution in [1.29, 1.82) is 0 Å². The van der Waals surface area contributed by atoms with E-state index in [9.17, 15) is 44.2 Å². The van der Waals surface area contributed by atoms with Crippen molar-refractivity contribution in [1.82, 2.24) is 0 Å². The molecule has 3 rings (SSSR count). The highest BCUT2D eigenvalue weighted by atomic mass is 32.2. The first-order valence-corrected chi connectivity index (χ1v) is 12.6. The Kier molecular flexibility index (Phi) is 9.58. The van der Waals surface area contributed by atoms with Gasteiger partial charge in [0.15, 0.2) is 22.4 Å². The third-order valence-corrected chi connectivity index (χ3v) is 7.65. The summed E-state index contributed by atoms with van der Waals surface area (Å²) in [6.07, 6.45) is -16.2. The van der Waals surface area contributed by atoms with E-state index in [1.807, 2.05) is 6.92 Å². The molecule has 0 aromatic heterocycles. The van der Waals surface area contributed by atoms with Gasteiger partial charge in [-0.25, -0.2) is 8.42 Å². The molecule has 14 heteroatoms. The monoisotopic (exact) mass is 524 g/mol. The van der Waals surface area contributed by atoms with Gasteiger partial charge in [-0.15, -0.1) is 0 Å². The second-order valence-electron chi connectivity index (χ2n) is 8.55. The topological polar surface area (TPSA) is 213 Å². The fourth-order valence-electron chi connectivity index (χ4n) is 3.79. The van der Waals surface area contributed by atoms with Gasteiger partial charge < -0.3 is 54.7 Å². The Bertz CT molecular complexity index is 908. The van der Waals surface area contributed by atoms with Gasteiger partial charge in [0, 0.05) is 0 Å². The molecule has 10 atom stereocenters. The van der Waals surface area contributed by atoms with E-state index in [4.69, 9.17) is 18.9 Å². The van der Waals surface area contributed by atoms with Crippen molar-refractivity contribution in [2.24, 2.45) is 0 Å². The summed E-state index contributed by atoms with van der Waals surface area (Å²) in [5.41, 5.74) is 0.907. The fraction of sp³-hybridized carbons (Fsp3) is 0.714. The summed E-state index contributed by atoms with van der Waals surface area (Å²) in [7, 11) is -3.62. The van der Waals surface area contributed by atoms with Crippen LogP contribution in [0.2, 0.25) is 0 Å². The number of rotatable bonds is 9. The maximum atomic E-state index is 12.4. The Balaban J connectivity index is 1.58. The number of benzene rings is 1. The Morgan fingerprint density at radius 1 is 0.857 bits per heavy atom. The molecule has 0 radical (unpaired) electrons. The van der Waals surface area contributed by atoms with Gasteiger partial charge >= 0.3 is 0 Å². The lowest BCUT2D eigenvalue weighted by Crippen LogP contribution is -2.64. The van der Waals surface area contributed by atoms with E-state index in [-0.39, 0.29) is 23.9 Å². The SMILES string of the molecule is Cc1ccc(S(=O)(=O)CCOC[C@H]2O[C@@H](O[C@H]3[C@H](O)[C@@H](O)[C@@H](O)O[C@@H]3CO)[C@H](O)[C@@H](O)[C@H]2O)cc1. The molecule has 2 saturated heterocycles. The van der Waals surface area contributed by atoms with Crippen molar-refractivity contribution in [3.05, 3.63) is 29.8 Å².